The summed E-state index contributed by atoms with van der Waals surface area (Å²) in [5.74, 6) is -1.76. The number of alkyl halides is 3. The predicted molar refractivity (Wildman–Crippen MR) is 67.6 cm³/mol. The van der Waals surface area contributed by atoms with Crippen LogP contribution in [0.1, 0.15) is 16.1 Å². The minimum absolute atomic E-state index is 0.0548. The number of hydrogen-bond acceptors (Lipinski definition) is 2. The Hall–Kier alpha value is -2.09. The van der Waals surface area contributed by atoms with Crippen LogP contribution >= 0.6 is 11.6 Å². The van der Waals surface area contributed by atoms with Gasteiger partial charge in [-0.3, -0.25) is 9.48 Å². The van der Waals surface area contributed by atoms with E-state index in [0.717, 1.165) is 16.8 Å². The highest BCUT2D eigenvalue weighted by molar-refractivity contribution is 6.34. The Bertz CT molecular complexity index is 696. The van der Waals surface area contributed by atoms with Crippen molar-refractivity contribution in [2.45, 2.75) is 6.18 Å². The number of rotatable bonds is 2. The summed E-state index contributed by atoms with van der Waals surface area (Å²) < 4.78 is 51.7. The van der Waals surface area contributed by atoms with Crippen LogP contribution in [-0.2, 0) is 13.2 Å². The third-order valence-electron chi connectivity index (χ3n) is 2.58. The summed E-state index contributed by atoms with van der Waals surface area (Å²) in [6.45, 7) is 0. The second-order valence-electron chi connectivity index (χ2n) is 4.10. The van der Waals surface area contributed by atoms with Gasteiger partial charge in [0.15, 0.2) is 11.5 Å². The molecular formula is C12H8ClF4N3O. The lowest BCUT2D eigenvalue weighted by atomic mass is 10.2. The van der Waals surface area contributed by atoms with Gasteiger partial charge in [0.25, 0.3) is 5.91 Å². The molecule has 0 fully saturated rings. The molecular weight excluding hydrogens is 314 g/mol. The van der Waals surface area contributed by atoms with E-state index in [1.54, 1.807) is 0 Å². The molecule has 21 heavy (non-hydrogen) atoms. The minimum atomic E-state index is -4.74. The molecule has 1 N–H and O–H groups in total. The van der Waals surface area contributed by atoms with Gasteiger partial charge in [-0.25, -0.2) is 4.39 Å². The molecule has 0 bridgehead atoms. The zero-order chi connectivity index (χ0) is 15.8. The summed E-state index contributed by atoms with van der Waals surface area (Å²) in [4.78, 5) is 11.9. The van der Waals surface area contributed by atoms with E-state index >= 15 is 0 Å². The first kappa shape index (κ1) is 15.3. The van der Waals surface area contributed by atoms with Crippen LogP contribution < -0.4 is 5.32 Å². The quantitative estimate of drug-likeness (QED) is 0.861. The second-order valence-corrected chi connectivity index (χ2v) is 4.47. The fraction of sp³-hybridized carbons (Fsp3) is 0.167. The van der Waals surface area contributed by atoms with Gasteiger partial charge in [-0.2, -0.15) is 18.3 Å². The van der Waals surface area contributed by atoms with Crippen LogP contribution in [0, 0.1) is 5.82 Å². The van der Waals surface area contributed by atoms with E-state index in [0.29, 0.717) is 0 Å². The van der Waals surface area contributed by atoms with E-state index in [1.807, 2.05) is 0 Å². The van der Waals surface area contributed by atoms with E-state index in [9.17, 15) is 22.4 Å². The number of aryl methyl sites for hydroxylation is 1. The van der Waals surface area contributed by atoms with Crippen molar-refractivity contribution in [3.05, 3.63) is 46.4 Å². The number of aromatic nitrogens is 2. The van der Waals surface area contributed by atoms with Crippen LogP contribution in [0.4, 0.5) is 23.4 Å². The number of carbonyl (C=O) groups is 1. The molecule has 1 amide bonds. The van der Waals surface area contributed by atoms with E-state index in [4.69, 9.17) is 11.6 Å². The molecule has 0 aliphatic heterocycles. The SMILES string of the molecule is Cn1nc(C(F)(F)F)c(Cl)c1NC(=O)c1cccc(F)c1. The van der Waals surface area contributed by atoms with Gasteiger partial charge in [0.2, 0.25) is 0 Å². The normalized spacial score (nSPS) is 11.5. The molecule has 2 rings (SSSR count). The van der Waals surface area contributed by atoms with E-state index in [1.165, 1.54) is 19.2 Å². The summed E-state index contributed by atoms with van der Waals surface area (Å²) in [7, 11) is 1.20. The summed E-state index contributed by atoms with van der Waals surface area (Å²) in [6, 6.07) is 4.70. The topological polar surface area (TPSA) is 46.9 Å². The maximum atomic E-state index is 13.0. The maximum absolute atomic E-state index is 13.0. The molecule has 0 aliphatic carbocycles. The summed E-state index contributed by atoms with van der Waals surface area (Å²) in [5.41, 5.74) is -1.36. The number of carbonyl (C=O) groups excluding carboxylic acids is 1. The molecule has 0 saturated heterocycles. The van der Waals surface area contributed by atoms with Gasteiger partial charge < -0.3 is 5.32 Å². The number of nitrogens with one attached hydrogen (secondary N) is 1. The number of halogens is 5. The number of anilines is 1. The maximum Gasteiger partial charge on any atom is 0.436 e. The van der Waals surface area contributed by atoms with Crippen molar-refractivity contribution in [2.75, 3.05) is 5.32 Å². The highest BCUT2D eigenvalue weighted by Gasteiger charge is 2.38. The van der Waals surface area contributed by atoms with E-state index in [2.05, 4.69) is 10.4 Å². The summed E-state index contributed by atoms with van der Waals surface area (Å²) in [5, 5.41) is 4.67. The van der Waals surface area contributed by atoms with Crippen molar-refractivity contribution in [1.29, 1.82) is 0 Å². The summed E-state index contributed by atoms with van der Waals surface area (Å²) >= 11 is 5.58. The Labute approximate surface area is 121 Å². The molecule has 1 aromatic carbocycles. The van der Waals surface area contributed by atoms with Crippen molar-refractivity contribution >= 4 is 23.3 Å². The van der Waals surface area contributed by atoms with Gasteiger partial charge in [0.1, 0.15) is 10.8 Å². The molecule has 0 atom stereocenters. The average Bonchev–Trinajstić information content (AvgIpc) is 2.66. The lowest BCUT2D eigenvalue weighted by molar-refractivity contribution is -0.141. The van der Waals surface area contributed by atoms with Crippen molar-refractivity contribution in [3.63, 3.8) is 0 Å². The highest BCUT2D eigenvalue weighted by atomic mass is 35.5. The van der Waals surface area contributed by atoms with E-state index < -0.39 is 28.6 Å². The van der Waals surface area contributed by atoms with E-state index in [-0.39, 0.29) is 11.4 Å². The lowest BCUT2D eigenvalue weighted by Crippen LogP contribution is -2.15. The fourth-order valence-electron chi connectivity index (χ4n) is 1.62. The average molecular weight is 322 g/mol. The molecule has 9 heteroatoms. The van der Waals surface area contributed by atoms with Gasteiger partial charge in [-0.05, 0) is 18.2 Å². The molecule has 1 aromatic heterocycles. The minimum Gasteiger partial charge on any atom is -0.306 e. The Kier molecular flexibility index (Phi) is 3.91. The van der Waals surface area contributed by atoms with Gasteiger partial charge in [-0.15, -0.1) is 0 Å². The standard InChI is InChI=1S/C12H8ClF4N3O/c1-20-10(8(13)9(19-20)12(15,16)17)18-11(21)6-3-2-4-7(14)5-6/h2-5H,1H3,(H,18,21). The van der Waals surface area contributed by atoms with Crippen LogP contribution in [0.2, 0.25) is 5.02 Å². The number of nitrogens with zero attached hydrogens (tertiary/aromatic N) is 2. The molecule has 4 nitrogen and oxygen atoms in total. The Morgan fingerprint density at radius 3 is 2.57 bits per heavy atom. The van der Waals surface area contributed by atoms with Crippen LogP contribution in [0.5, 0.6) is 0 Å². The largest absolute Gasteiger partial charge is 0.436 e. The van der Waals surface area contributed by atoms with Gasteiger partial charge in [-0.1, -0.05) is 17.7 Å². The highest BCUT2D eigenvalue weighted by Crippen LogP contribution is 2.37. The summed E-state index contributed by atoms with van der Waals surface area (Å²) in [6.07, 6.45) is -4.74. The third-order valence-corrected chi connectivity index (χ3v) is 2.93. The van der Waals surface area contributed by atoms with Gasteiger partial charge >= 0.3 is 6.18 Å². The van der Waals surface area contributed by atoms with Crippen molar-refractivity contribution < 1.29 is 22.4 Å². The molecule has 0 spiro atoms. The Balaban J connectivity index is 2.32. The van der Waals surface area contributed by atoms with Crippen LogP contribution in [0.3, 0.4) is 0 Å². The number of hydrogen-bond donors (Lipinski definition) is 1. The molecule has 0 saturated carbocycles. The predicted octanol–water partition coefficient (Wildman–Crippen LogP) is 3.48. The van der Waals surface area contributed by atoms with Gasteiger partial charge in [0, 0.05) is 12.6 Å². The molecule has 0 radical (unpaired) electrons. The lowest BCUT2D eigenvalue weighted by Gasteiger charge is -2.06. The Morgan fingerprint density at radius 1 is 1.38 bits per heavy atom. The molecule has 1 heterocycles. The van der Waals surface area contributed by atoms with Gasteiger partial charge in [0.05, 0.1) is 0 Å². The van der Waals surface area contributed by atoms with Crippen molar-refractivity contribution in [3.8, 4) is 0 Å². The smallest absolute Gasteiger partial charge is 0.306 e. The van der Waals surface area contributed by atoms with Crippen molar-refractivity contribution in [2.24, 2.45) is 7.05 Å². The molecule has 112 valence electrons. The van der Waals surface area contributed by atoms with Crippen LogP contribution in [0.15, 0.2) is 24.3 Å². The third kappa shape index (κ3) is 3.15. The van der Waals surface area contributed by atoms with Crippen LogP contribution in [-0.4, -0.2) is 15.7 Å². The second kappa shape index (κ2) is 5.36. The monoisotopic (exact) mass is 321 g/mol. The zero-order valence-corrected chi connectivity index (χ0v) is 11.3. The van der Waals surface area contributed by atoms with Crippen molar-refractivity contribution in [1.82, 2.24) is 9.78 Å². The fourth-order valence-corrected chi connectivity index (χ4v) is 1.94. The first-order valence-electron chi connectivity index (χ1n) is 5.56. The number of amides is 1. The number of benzene rings is 1. The first-order chi connectivity index (χ1) is 9.70. The molecule has 2 aromatic rings. The van der Waals surface area contributed by atoms with Crippen LogP contribution in [0.25, 0.3) is 0 Å². The Morgan fingerprint density at radius 2 is 2.05 bits per heavy atom. The first-order valence-corrected chi connectivity index (χ1v) is 5.94. The molecule has 0 aliphatic rings. The zero-order valence-electron chi connectivity index (χ0n) is 10.5. The molecule has 0 unspecified atom stereocenters.